The molecule has 2 aromatic carbocycles. The maximum Gasteiger partial charge on any atom is 0.255 e. The number of halogens is 2. The molecular weight excluding hydrogens is 413 g/mol. The van der Waals surface area contributed by atoms with Crippen LogP contribution in [0.5, 0.6) is 0 Å². The molecule has 0 aliphatic rings. The Balaban J connectivity index is 1.96. The zero-order chi connectivity index (χ0) is 18.4. The summed E-state index contributed by atoms with van der Waals surface area (Å²) in [5, 5.41) is 3.79. The molecule has 0 aliphatic carbocycles. The summed E-state index contributed by atoms with van der Waals surface area (Å²) in [6.07, 6.45) is 1.44. The Morgan fingerprint density at radius 3 is 2.60 bits per heavy atom. The fourth-order valence-corrected chi connectivity index (χ4v) is 3.42. The van der Waals surface area contributed by atoms with Crippen molar-refractivity contribution in [2.45, 2.75) is 4.90 Å². The Bertz CT molecular complexity index is 886. The van der Waals surface area contributed by atoms with E-state index in [0.717, 1.165) is 38.6 Å². The van der Waals surface area contributed by atoms with E-state index in [1.54, 1.807) is 12.1 Å². The zero-order valence-electron chi connectivity index (χ0n) is 13.2. The summed E-state index contributed by atoms with van der Waals surface area (Å²) in [5.74, 6) is -1.14. The number of hydrazone groups is 1. The first kappa shape index (κ1) is 19.2. The van der Waals surface area contributed by atoms with Crippen LogP contribution in [0, 0.1) is 5.82 Å². The highest BCUT2D eigenvalue weighted by Gasteiger charge is 2.22. The van der Waals surface area contributed by atoms with Crippen LogP contribution in [-0.2, 0) is 14.8 Å². The van der Waals surface area contributed by atoms with E-state index in [1.165, 1.54) is 13.3 Å². The van der Waals surface area contributed by atoms with E-state index in [-0.39, 0.29) is 4.90 Å². The topological polar surface area (TPSA) is 78.8 Å². The molecule has 1 N–H and O–H groups in total. The van der Waals surface area contributed by atoms with Crippen molar-refractivity contribution in [2.24, 2.45) is 5.10 Å². The third kappa shape index (κ3) is 5.45. The second-order valence-electron chi connectivity index (χ2n) is 5.06. The van der Waals surface area contributed by atoms with Crippen molar-refractivity contribution in [1.29, 1.82) is 0 Å². The van der Waals surface area contributed by atoms with E-state index >= 15 is 0 Å². The van der Waals surface area contributed by atoms with Gasteiger partial charge in [-0.3, -0.25) is 4.79 Å². The fraction of sp³-hybridized carbons (Fsp3) is 0.125. The summed E-state index contributed by atoms with van der Waals surface area (Å²) in [4.78, 5) is 11.7. The number of carbonyl (C=O) groups excluding carboxylic acids is 1. The van der Waals surface area contributed by atoms with Crippen LogP contribution in [0.2, 0.25) is 0 Å². The summed E-state index contributed by atoms with van der Waals surface area (Å²) >= 11 is 3.32. The molecule has 0 unspecified atom stereocenters. The van der Waals surface area contributed by atoms with Gasteiger partial charge in [-0.15, -0.1) is 0 Å². The van der Waals surface area contributed by atoms with E-state index in [1.807, 2.05) is 12.1 Å². The molecule has 2 rings (SSSR count). The number of hydrogen-bond acceptors (Lipinski definition) is 4. The van der Waals surface area contributed by atoms with Gasteiger partial charge in [-0.25, -0.2) is 18.2 Å². The van der Waals surface area contributed by atoms with Gasteiger partial charge in [0.1, 0.15) is 5.82 Å². The van der Waals surface area contributed by atoms with Crippen molar-refractivity contribution in [3.8, 4) is 0 Å². The van der Waals surface area contributed by atoms with Gasteiger partial charge in [0, 0.05) is 11.5 Å². The molecule has 0 spiro atoms. The van der Waals surface area contributed by atoms with Gasteiger partial charge >= 0.3 is 0 Å². The Morgan fingerprint density at radius 2 is 1.96 bits per heavy atom. The summed E-state index contributed by atoms with van der Waals surface area (Å²) in [7, 11) is -2.63. The lowest BCUT2D eigenvalue weighted by Crippen LogP contribution is -2.36. The van der Waals surface area contributed by atoms with Gasteiger partial charge in [0.2, 0.25) is 10.0 Å². The number of hydrogen-bond donors (Lipinski definition) is 1. The smallest absolute Gasteiger partial charge is 0.255 e. The first-order valence-corrected chi connectivity index (χ1v) is 9.32. The van der Waals surface area contributed by atoms with Crippen LogP contribution in [0.1, 0.15) is 5.56 Å². The van der Waals surface area contributed by atoms with Crippen LogP contribution in [0.4, 0.5) is 4.39 Å². The minimum absolute atomic E-state index is 0.0955. The zero-order valence-corrected chi connectivity index (χ0v) is 15.6. The Kier molecular flexibility index (Phi) is 6.40. The number of amides is 1. The van der Waals surface area contributed by atoms with Crippen molar-refractivity contribution in [3.63, 3.8) is 0 Å². The molecule has 0 heterocycles. The highest BCUT2D eigenvalue weighted by Crippen LogP contribution is 2.14. The quantitative estimate of drug-likeness (QED) is 0.567. The van der Waals surface area contributed by atoms with Crippen LogP contribution in [0.15, 0.2) is 63.0 Å². The van der Waals surface area contributed by atoms with Gasteiger partial charge in [0.15, 0.2) is 0 Å². The second-order valence-corrected chi connectivity index (χ2v) is 8.02. The van der Waals surface area contributed by atoms with E-state index in [9.17, 15) is 17.6 Å². The maximum absolute atomic E-state index is 12.9. The standard InChI is InChI=1S/C16H15BrFN3O3S/c1-21(25(23,24)15-7-5-14(18)6-8-15)11-16(22)20-19-10-12-3-2-4-13(17)9-12/h2-10H,11H2,1H3,(H,20,22)/b19-10-. The maximum atomic E-state index is 12.9. The number of likely N-dealkylation sites (N-methyl/N-ethyl adjacent to an activating group) is 1. The molecule has 0 aromatic heterocycles. The predicted octanol–water partition coefficient (Wildman–Crippen LogP) is 2.36. The fourth-order valence-electron chi connectivity index (χ4n) is 1.87. The van der Waals surface area contributed by atoms with Crippen LogP contribution in [-0.4, -0.2) is 38.4 Å². The average molecular weight is 428 g/mol. The number of nitrogens with one attached hydrogen (secondary N) is 1. The van der Waals surface area contributed by atoms with Crippen LogP contribution >= 0.6 is 15.9 Å². The van der Waals surface area contributed by atoms with E-state index in [4.69, 9.17) is 0 Å². The molecule has 0 aliphatic heterocycles. The predicted molar refractivity (Wildman–Crippen MR) is 96.1 cm³/mol. The van der Waals surface area contributed by atoms with E-state index < -0.39 is 28.3 Å². The molecule has 0 saturated carbocycles. The lowest BCUT2D eigenvalue weighted by Gasteiger charge is -2.16. The van der Waals surface area contributed by atoms with Gasteiger partial charge in [-0.05, 0) is 42.0 Å². The monoisotopic (exact) mass is 427 g/mol. The minimum Gasteiger partial charge on any atom is -0.272 e. The van der Waals surface area contributed by atoms with Gasteiger partial charge in [0.05, 0.1) is 17.7 Å². The van der Waals surface area contributed by atoms with Crippen LogP contribution < -0.4 is 5.43 Å². The van der Waals surface area contributed by atoms with Crippen LogP contribution in [0.3, 0.4) is 0 Å². The summed E-state index contributed by atoms with van der Waals surface area (Å²) in [6, 6.07) is 11.6. The number of sulfonamides is 1. The molecule has 2 aromatic rings. The Hall–Kier alpha value is -2.10. The molecule has 0 atom stereocenters. The lowest BCUT2D eigenvalue weighted by atomic mass is 10.2. The Labute approximate surface area is 153 Å². The van der Waals surface area contributed by atoms with Gasteiger partial charge in [-0.2, -0.15) is 9.41 Å². The number of rotatable bonds is 6. The molecule has 6 nitrogen and oxygen atoms in total. The molecule has 0 fully saturated rings. The van der Waals surface area contributed by atoms with Crippen molar-refractivity contribution < 1.29 is 17.6 Å². The number of carbonyl (C=O) groups is 1. The molecule has 1 amide bonds. The highest BCUT2D eigenvalue weighted by atomic mass is 79.9. The summed E-state index contributed by atoms with van der Waals surface area (Å²) in [6.45, 7) is -0.421. The minimum atomic E-state index is -3.89. The first-order valence-electron chi connectivity index (χ1n) is 7.08. The molecule has 0 radical (unpaired) electrons. The average Bonchev–Trinajstić information content (AvgIpc) is 2.55. The Morgan fingerprint density at radius 1 is 1.28 bits per heavy atom. The van der Waals surface area contributed by atoms with Crippen molar-refractivity contribution in [2.75, 3.05) is 13.6 Å². The molecule has 0 saturated heterocycles. The summed E-state index contributed by atoms with van der Waals surface area (Å²) in [5.41, 5.74) is 3.03. The molecule has 132 valence electrons. The third-order valence-electron chi connectivity index (χ3n) is 3.14. The SMILES string of the molecule is CN(CC(=O)N/N=C\c1cccc(Br)c1)S(=O)(=O)c1ccc(F)cc1. The second kappa shape index (κ2) is 8.32. The summed E-state index contributed by atoms with van der Waals surface area (Å²) < 4.78 is 39.2. The molecule has 25 heavy (non-hydrogen) atoms. The number of benzene rings is 2. The third-order valence-corrected chi connectivity index (χ3v) is 5.45. The molecule has 0 bridgehead atoms. The van der Waals surface area contributed by atoms with Crippen LogP contribution in [0.25, 0.3) is 0 Å². The van der Waals surface area contributed by atoms with Gasteiger partial charge < -0.3 is 0 Å². The normalized spacial score (nSPS) is 11.8. The lowest BCUT2D eigenvalue weighted by molar-refractivity contribution is -0.121. The van der Waals surface area contributed by atoms with Crippen molar-refractivity contribution >= 4 is 38.1 Å². The molecular formula is C16H15BrFN3O3S. The van der Waals surface area contributed by atoms with E-state index in [0.29, 0.717) is 0 Å². The first-order chi connectivity index (χ1) is 11.8. The highest BCUT2D eigenvalue weighted by molar-refractivity contribution is 9.10. The van der Waals surface area contributed by atoms with E-state index in [2.05, 4.69) is 26.5 Å². The van der Waals surface area contributed by atoms with Gasteiger partial charge in [0.25, 0.3) is 5.91 Å². The van der Waals surface area contributed by atoms with Crippen molar-refractivity contribution in [3.05, 3.63) is 64.4 Å². The van der Waals surface area contributed by atoms with Gasteiger partial charge in [-0.1, -0.05) is 28.1 Å². The largest absolute Gasteiger partial charge is 0.272 e. The van der Waals surface area contributed by atoms with Crippen molar-refractivity contribution in [1.82, 2.24) is 9.73 Å². The molecule has 9 heteroatoms. The number of nitrogens with zero attached hydrogens (tertiary/aromatic N) is 2.